The molecule has 0 aromatic heterocycles. The fourth-order valence-corrected chi connectivity index (χ4v) is 6.07. The second-order valence-corrected chi connectivity index (χ2v) is 11.6. The van der Waals surface area contributed by atoms with Crippen molar-refractivity contribution in [2.24, 2.45) is 5.92 Å². The number of rotatable bonds is 8. The van der Waals surface area contributed by atoms with Crippen molar-refractivity contribution in [3.8, 4) is 11.1 Å². The Balaban J connectivity index is 1.38. The Labute approximate surface area is 244 Å². The van der Waals surface area contributed by atoms with Crippen molar-refractivity contribution in [3.63, 3.8) is 0 Å². The summed E-state index contributed by atoms with van der Waals surface area (Å²) in [6, 6.07) is 24.7. The first-order valence-electron chi connectivity index (χ1n) is 15.2. The van der Waals surface area contributed by atoms with Crippen LogP contribution in [0.15, 0.2) is 72.8 Å². The minimum Gasteiger partial charge on any atom is -0.392 e. The number of hydrogen-bond donors (Lipinski definition) is 2. The van der Waals surface area contributed by atoms with Gasteiger partial charge in [0.05, 0.1) is 18.8 Å². The van der Waals surface area contributed by atoms with E-state index in [-0.39, 0.29) is 30.6 Å². The van der Waals surface area contributed by atoms with E-state index in [0.29, 0.717) is 6.54 Å². The van der Waals surface area contributed by atoms with Gasteiger partial charge in [0.25, 0.3) is 0 Å². The van der Waals surface area contributed by atoms with Crippen LogP contribution < -0.4 is 5.32 Å². The van der Waals surface area contributed by atoms with Crippen LogP contribution in [-0.2, 0) is 27.4 Å². The summed E-state index contributed by atoms with van der Waals surface area (Å²) in [5, 5.41) is 12.5. The van der Waals surface area contributed by atoms with Crippen molar-refractivity contribution < 1.29 is 19.4 Å². The molecule has 218 valence electrons. The van der Waals surface area contributed by atoms with E-state index in [1.807, 2.05) is 24.3 Å². The first kappa shape index (κ1) is 29.5. The van der Waals surface area contributed by atoms with Gasteiger partial charge < -0.3 is 24.8 Å². The maximum Gasteiger partial charge on any atom is 0.217 e. The third-order valence-electron chi connectivity index (χ3n) is 8.55. The average Bonchev–Trinajstić information content (AvgIpc) is 2.98. The molecule has 6 heteroatoms. The Hall–Kier alpha value is -3.03. The molecule has 2 aliphatic heterocycles. The number of likely N-dealkylation sites (tertiary alicyclic amines) is 1. The molecule has 41 heavy (non-hydrogen) atoms. The van der Waals surface area contributed by atoms with Crippen LogP contribution in [0.25, 0.3) is 11.1 Å². The number of carbonyl (C=O) groups excluding carboxylic acids is 1. The highest BCUT2D eigenvalue weighted by atomic mass is 16.7. The molecule has 2 heterocycles. The highest BCUT2D eigenvalue weighted by Gasteiger charge is 2.39. The Morgan fingerprint density at radius 2 is 1.54 bits per heavy atom. The van der Waals surface area contributed by atoms with Gasteiger partial charge in [-0.25, -0.2) is 0 Å². The van der Waals surface area contributed by atoms with Gasteiger partial charge in [-0.1, -0.05) is 99.0 Å². The van der Waals surface area contributed by atoms with Crippen molar-refractivity contribution in [1.82, 2.24) is 10.2 Å². The predicted octanol–water partition coefficient (Wildman–Crippen LogP) is 6.54. The first-order chi connectivity index (χ1) is 20.0. The zero-order chi connectivity index (χ0) is 28.6. The smallest absolute Gasteiger partial charge is 0.217 e. The van der Waals surface area contributed by atoms with Crippen LogP contribution in [0.2, 0.25) is 0 Å². The van der Waals surface area contributed by atoms with Crippen LogP contribution in [-0.4, -0.2) is 41.7 Å². The number of amides is 1. The van der Waals surface area contributed by atoms with Gasteiger partial charge in [-0.3, -0.25) is 4.79 Å². The first-order valence-corrected chi connectivity index (χ1v) is 15.2. The third kappa shape index (κ3) is 7.63. The van der Waals surface area contributed by atoms with E-state index in [1.54, 1.807) is 0 Å². The van der Waals surface area contributed by atoms with E-state index in [0.717, 1.165) is 53.0 Å². The summed E-state index contributed by atoms with van der Waals surface area (Å²) >= 11 is 0. The number of carbonyl (C=O) groups is 1. The Morgan fingerprint density at radius 3 is 2.22 bits per heavy atom. The second kappa shape index (κ2) is 14.2. The fraction of sp³-hybridized carbons (Fsp3) is 0.457. The minimum atomic E-state index is -0.475. The molecule has 2 fully saturated rings. The van der Waals surface area contributed by atoms with E-state index in [4.69, 9.17) is 9.47 Å². The van der Waals surface area contributed by atoms with Gasteiger partial charge in [0.15, 0.2) is 6.29 Å². The van der Waals surface area contributed by atoms with Crippen LogP contribution in [0.1, 0.15) is 80.6 Å². The highest BCUT2D eigenvalue weighted by Crippen LogP contribution is 2.42. The van der Waals surface area contributed by atoms with E-state index in [1.165, 1.54) is 39.0 Å². The number of aliphatic hydroxyl groups is 1. The maximum absolute atomic E-state index is 11.5. The predicted molar refractivity (Wildman–Crippen MR) is 162 cm³/mol. The summed E-state index contributed by atoms with van der Waals surface area (Å²) in [7, 11) is 0. The molecule has 0 bridgehead atoms. The Bertz CT molecular complexity index is 1250. The van der Waals surface area contributed by atoms with Crippen LogP contribution in [0.4, 0.5) is 0 Å². The Kier molecular flexibility index (Phi) is 10.2. The SMILES string of the molecule is CC(=O)NCc1ccccc1-c1ccc([C@@H]2O[C@H](CN3CCCCCCC3)[C@H](C)[C@H](c3ccc(CO)cc3)O2)cc1. The van der Waals surface area contributed by atoms with Gasteiger partial charge in [0, 0.05) is 31.5 Å². The van der Waals surface area contributed by atoms with E-state index >= 15 is 0 Å². The molecule has 4 atom stereocenters. The number of hydrogen-bond acceptors (Lipinski definition) is 5. The van der Waals surface area contributed by atoms with Gasteiger partial charge in [0.2, 0.25) is 5.91 Å². The minimum absolute atomic E-state index is 0.0327. The lowest BCUT2D eigenvalue weighted by Gasteiger charge is -2.43. The van der Waals surface area contributed by atoms with Crippen molar-refractivity contribution in [3.05, 3.63) is 95.1 Å². The molecule has 0 spiro atoms. The summed E-state index contributed by atoms with van der Waals surface area (Å²) in [4.78, 5) is 14.1. The van der Waals surface area contributed by atoms with Crippen molar-refractivity contribution in [2.45, 2.75) is 77.6 Å². The standard InChI is InChI=1S/C35H44N2O4/c1-25-33(23-37-20-8-4-3-5-9-21-37)40-35(41-34(25)29-14-12-27(24-38)13-15-29)30-18-16-28(17-19-30)32-11-7-6-10-31(32)22-36-26(2)39/h6-7,10-19,25,33-35,38H,3-5,8-9,20-24H2,1-2H3,(H,36,39)/t25-,33+,34+,35+/m0/s1. The number of ether oxygens (including phenoxy) is 2. The number of nitrogens with zero attached hydrogens (tertiary/aromatic N) is 1. The molecule has 6 nitrogen and oxygen atoms in total. The van der Waals surface area contributed by atoms with Gasteiger partial charge in [0.1, 0.15) is 0 Å². The molecule has 0 radical (unpaired) electrons. The molecule has 2 aliphatic rings. The van der Waals surface area contributed by atoms with Crippen LogP contribution in [0.5, 0.6) is 0 Å². The number of benzene rings is 3. The second-order valence-electron chi connectivity index (χ2n) is 11.6. The lowest BCUT2D eigenvalue weighted by Crippen LogP contribution is -2.45. The van der Waals surface area contributed by atoms with Gasteiger partial charge in [-0.05, 0) is 53.7 Å². The Morgan fingerprint density at radius 1 is 0.878 bits per heavy atom. The maximum atomic E-state index is 11.5. The topological polar surface area (TPSA) is 71.0 Å². The lowest BCUT2D eigenvalue weighted by molar-refractivity contribution is -0.276. The van der Waals surface area contributed by atoms with Gasteiger partial charge in [-0.2, -0.15) is 0 Å². The van der Waals surface area contributed by atoms with Crippen molar-refractivity contribution >= 4 is 5.91 Å². The zero-order valence-electron chi connectivity index (χ0n) is 24.4. The molecule has 5 rings (SSSR count). The van der Waals surface area contributed by atoms with E-state index in [2.05, 4.69) is 65.7 Å². The molecular weight excluding hydrogens is 512 g/mol. The molecule has 1 amide bonds. The molecule has 2 saturated heterocycles. The monoisotopic (exact) mass is 556 g/mol. The van der Waals surface area contributed by atoms with Gasteiger partial charge in [-0.15, -0.1) is 0 Å². The molecular formula is C35H44N2O4. The third-order valence-corrected chi connectivity index (χ3v) is 8.55. The molecule has 3 aromatic rings. The molecule has 0 unspecified atom stereocenters. The van der Waals surface area contributed by atoms with Crippen molar-refractivity contribution in [2.75, 3.05) is 19.6 Å². The van der Waals surface area contributed by atoms with Crippen molar-refractivity contribution in [1.29, 1.82) is 0 Å². The molecule has 3 aromatic carbocycles. The molecule has 0 saturated carbocycles. The number of nitrogens with one attached hydrogen (secondary N) is 1. The summed E-state index contributed by atoms with van der Waals surface area (Å²) in [6.45, 7) is 7.46. The normalized spacial score (nSPS) is 23.9. The average molecular weight is 557 g/mol. The van der Waals surface area contributed by atoms with E-state index in [9.17, 15) is 9.90 Å². The fourth-order valence-electron chi connectivity index (χ4n) is 6.07. The largest absolute Gasteiger partial charge is 0.392 e. The molecule has 2 N–H and O–H groups in total. The highest BCUT2D eigenvalue weighted by molar-refractivity contribution is 5.74. The van der Waals surface area contributed by atoms with Crippen LogP contribution >= 0.6 is 0 Å². The summed E-state index contributed by atoms with van der Waals surface area (Å²) < 4.78 is 13.4. The van der Waals surface area contributed by atoms with Crippen LogP contribution in [0.3, 0.4) is 0 Å². The van der Waals surface area contributed by atoms with E-state index < -0.39 is 6.29 Å². The van der Waals surface area contributed by atoms with Crippen LogP contribution in [0, 0.1) is 5.92 Å². The van der Waals surface area contributed by atoms with Gasteiger partial charge >= 0.3 is 0 Å². The molecule has 0 aliphatic carbocycles. The quantitative estimate of drug-likeness (QED) is 0.330. The summed E-state index contributed by atoms with van der Waals surface area (Å²) in [6.07, 6.45) is 5.91. The zero-order valence-corrected chi connectivity index (χ0v) is 24.4. The summed E-state index contributed by atoms with van der Waals surface area (Å²) in [5.74, 6) is 0.137. The summed E-state index contributed by atoms with van der Waals surface area (Å²) in [5.41, 5.74) is 6.28. The lowest BCUT2D eigenvalue weighted by atomic mass is 9.89. The number of aliphatic hydroxyl groups excluding tert-OH is 1.